The summed E-state index contributed by atoms with van der Waals surface area (Å²) in [5.41, 5.74) is 5.47. The molecule has 24 heavy (non-hydrogen) atoms. The molecule has 4 heterocycles. The highest BCUT2D eigenvalue weighted by atomic mass is 14.8. The third kappa shape index (κ3) is 2.90. The standard InChI is InChI=1S/C20H14N4/c1-3-9-22-17(5-1)19-13-16(15-7-11-21-12-8-15)14-20(24-19)18-6-2-4-10-23-18/h1-14H. The van der Waals surface area contributed by atoms with Gasteiger partial charge in [-0.05, 0) is 59.7 Å². The number of rotatable bonds is 3. The van der Waals surface area contributed by atoms with Gasteiger partial charge in [-0.3, -0.25) is 15.0 Å². The highest BCUT2D eigenvalue weighted by Gasteiger charge is 2.09. The van der Waals surface area contributed by atoms with Crippen molar-refractivity contribution in [1.82, 2.24) is 19.9 Å². The number of hydrogen-bond donors (Lipinski definition) is 0. The highest BCUT2D eigenvalue weighted by molar-refractivity contribution is 5.74. The molecule has 4 aromatic rings. The van der Waals surface area contributed by atoms with Crippen molar-refractivity contribution in [2.75, 3.05) is 0 Å². The third-order valence-electron chi connectivity index (χ3n) is 3.69. The first-order valence-electron chi connectivity index (χ1n) is 7.65. The predicted octanol–water partition coefficient (Wildman–Crippen LogP) is 4.27. The molecule has 0 fully saturated rings. The molecule has 0 amide bonds. The fraction of sp³-hybridized carbons (Fsp3) is 0. The van der Waals surface area contributed by atoms with Crippen molar-refractivity contribution in [2.45, 2.75) is 0 Å². The number of pyridine rings is 4. The van der Waals surface area contributed by atoms with Gasteiger partial charge in [0.15, 0.2) is 0 Å². The molecule has 0 bridgehead atoms. The molecule has 114 valence electrons. The zero-order chi connectivity index (χ0) is 16.2. The minimum absolute atomic E-state index is 0.825. The van der Waals surface area contributed by atoms with Gasteiger partial charge in [-0.2, -0.15) is 0 Å². The van der Waals surface area contributed by atoms with Gasteiger partial charge in [0.1, 0.15) is 0 Å². The summed E-state index contributed by atoms with van der Waals surface area (Å²) in [7, 11) is 0. The molecule has 0 radical (unpaired) electrons. The predicted molar refractivity (Wildman–Crippen MR) is 93.9 cm³/mol. The summed E-state index contributed by atoms with van der Waals surface area (Å²) in [6.07, 6.45) is 7.13. The Morgan fingerprint density at radius 3 is 1.58 bits per heavy atom. The minimum Gasteiger partial charge on any atom is -0.265 e. The zero-order valence-corrected chi connectivity index (χ0v) is 12.9. The van der Waals surface area contributed by atoms with Crippen molar-refractivity contribution in [3.8, 4) is 33.9 Å². The topological polar surface area (TPSA) is 51.6 Å². The lowest BCUT2D eigenvalue weighted by Crippen LogP contribution is -1.93. The van der Waals surface area contributed by atoms with Gasteiger partial charge in [0.2, 0.25) is 0 Å². The molecule has 0 spiro atoms. The second kappa shape index (κ2) is 6.38. The third-order valence-corrected chi connectivity index (χ3v) is 3.69. The maximum Gasteiger partial charge on any atom is 0.0900 e. The van der Waals surface area contributed by atoms with Crippen molar-refractivity contribution in [2.24, 2.45) is 0 Å². The second-order valence-corrected chi connectivity index (χ2v) is 5.29. The molecule has 0 aliphatic heterocycles. The maximum absolute atomic E-state index is 4.76. The normalized spacial score (nSPS) is 10.5. The van der Waals surface area contributed by atoms with E-state index in [1.807, 2.05) is 60.7 Å². The minimum atomic E-state index is 0.825. The monoisotopic (exact) mass is 310 g/mol. The number of aromatic nitrogens is 4. The van der Waals surface area contributed by atoms with E-state index in [-0.39, 0.29) is 0 Å². The van der Waals surface area contributed by atoms with Gasteiger partial charge in [-0.15, -0.1) is 0 Å². The van der Waals surface area contributed by atoms with Crippen LogP contribution in [0.1, 0.15) is 0 Å². The van der Waals surface area contributed by atoms with Crippen LogP contribution in [0.3, 0.4) is 0 Å². The lowest BCUT2D eigenvalue weighted by molar-refractivity contribution is 1.22. The molecule has 4 nitrogen and oxygen atoms in total. The van der Waals surface area contributed by atoms with Gasteiger partial charge in [0, 0.05) is 24.8 Å². The molecule has 4 aromatic heterocycles. The largest absolute Gasteiger partial charge is 0.265 e. The summed E-state index contributed by atoms with van der Waals surface area (Å²) in [5, 5.41) is 0. The quantitative estimate of drug-likeness (QED) is 0.567. The van der Waals surface area contributed by atoms with Crippen LogP contribution < -0.4 is 0 Å². The van der Waals surface area contributed by atoms with Crippen LogP contribution in [0.4, 0.5) is 0 Å². The lowest BCUT2D eigenvalue weighted by Gasteiger charge is -2.09. The van der Waals surface area contributed by atoms with Crippen molar-refractivity contribution < 1.29 is 0 Å². The summed E-state index contributed by atoms with van der Waals surface area (Å²) >= 11 is 0. The smallest absolute Gasteiger partial charge is 0.0900 e. The van der Waals surface area contributed by atoms with Gasteiger partial charge >= 0.3 is 0 Å². The van der Waals surface area contributed by atoms with Gasteiger partial charge in [-0.25, -0.2) is 4.98 Å². The van der Waals surface area contributed by atoms with Crippen LogP contribution in [-0.4, -0.2) is 19.9 Å². The van der Waals surface area contributed by atoms with E-state index in [9.17, 15) is 0 Å². The fourth-order valence-electron chi connectivity index (χ4n) is 2.53. The van der Waals surface area contributed by atoms with E-state index >= 15 is 0 Å². The van der Waals surface area contributed by atoms with Crippen molar-refractivity contribution >= 4 is 0 Å². The summed E-state index contributed by atoms with van der Waals surface area (Å²) in [6.45, 7) is 0. The Labute approximate surface area is 139 Å². The van der Waals surface area contributed by atoms with E-state index < -0.39 is 0 Å². The van der Waals surface area contributed by atoms with Crippen LogP contribution in [-0.2, 0) is 0 Å². The van der Waals surface area contributed by atoms with Gasteiger partial charge in [0.25, 0.3) is 0 Å². The SMILES string of the molecule is c1ccc(-c2cc(-c3ccncc3)cc(-c3ccccn3)n2)nc1. The molecule has 0 unspecified atom stereocenters. The van der Waals surface area contributed by atoms with E-state index in [4.69, 9.17) is 4.98 Å². The zero-order valence-electron chi connectivity index (χ0n) is 12.9. The summed E-state index contributed by atoms with van der Waals surface area (Å²) in [5.74, 6) is 0. The molecule has 0 aliphatic rings. The second-order valence-electron chi connectivity index (χ2n) is 5.29. The summed E-state index contributed by atoms with van der Waals surface area (Å²) in [4.78, 5) is 17.7. The highest BCUT2D eigenvalue weighted by Crippen LogP contribution is 2.28. The van der Waals surface area contributed by atoms with Crippen molar-refractivity contribution in [1.29, 1.82) is 0 Å². The van der Waals surface area contributed by atoms with Crippen LogP contribution in [0.25, 0.3) is 33.9 Å². The van der Waals surface area contributed by atoms with E-state index in [1.165, 1.54) is 0 Å². The average molecular weight is 310 g/mol. The molecule has 0 aliphatic carbocycles. The molecule has 0 N–H and O–H groups in total. The average Bonchev–Trinajstić information content (AvgIpc) is 2.70. The van der Waals surface area contributed by atoms with Gasteiger partial charge < -0.3 is 0 Å². The Hall–Kier alpha value is -3.40. The van der Waals surface area contributed by atoms with Crippen molar-refractivity contribution in [3.05, 3.63) is 85.5 Å². The molecule has 0 saturated carbocycles. The van der Waals surface area contributed by atoms with Crippen LogP contribution in [0.15, 0.2) is 85.5 Å². The van der Waals surface area contributed by atoms with E-state index in [1.54, 1.807) is 24.8 Å². The maximum atomic E-state index is 4.76. The first-order valence-corrected chi connectivity index (χ1v) is 7.65. The fourth-order valence-corrected chi connectivity index (χ4v) is 2.53. The molecule has 0 saturated heterocycles. The Balaban J connectivity index is 1.92. The van der Waals surface area contributed by atoms with Crippen LogP contribution >= 0.6 is 0 Å². The van der Waals surface area contributed by atoms with Gasteiger partial charge in [0.05, 0.1) is 22.8 Å². The Bertz CT molecular complexity index is 799. The summed E-state index contributed by atoms with van der Waals surface area (Å²) in [6, 6.07) is 19.7. The molecular weight excluding hydrogens is 296 g/mol. The Morgan fingerprint density at radius 1 is 0.500 bits per heavy atom. The first kappa shape index (κ1) is 14.2. The van der Waals surface area contributed by atoms with E-state index in [0.29, 0.717) is 0 Å². The van der Waals surface area contributed by atoms with Crippen LogP contribution in [0.2, 0.25) is 0 Å². The number of hydrogen-bond acceptors (Lipinski definition) is 4. The molecule has 4 heteroatoms. The lowest BCUT2D eigenvalue weighted by atomic mass is 10.0. The van der Waals surface area contributed by atoms with Crippen LogP contribution in [0, 0.1) is 0 Å². The molecule has 0 aromatic carbocycles. The van der Waals surface area contributed by atoms with Gasteiger partial charge in [-0.1, -0.05) is 12.1 Å². The Morgan fingerprint density at radius 2 is 1.08 bits per heavy atom. The van der Waals surface area contributed by atoms with Crippen LogP contribution in [0.5, 0.6) is 0 Å². The number of nitrogens with zero attached hydrogens (tertiary/aromatic N) is 4. The first-order chi connectivity index (χ1) is 11.9. The Kier molecular flexibility index (Phi) is 3.78. The van der Waals surface area contributed by atoms with E-state index in [2.05, 4.69) is 15.0 Å². The summed E-state index contributed by atoms with van der Waals surface area (Å²) < 4.78 is 0. The van der Waals surface area contributed by atoms with E-state index in [0.717, 1.165) is 33.9 Å². The molecule has 0 atom stereocenters. The molecular formula is C20H14N4. The molecule has 4 rings (SSSR count). The van der Waals surface area contributed by atoms with Crippen molar-refractivity contribution in [3.63, 3.8) is 0 Å².